The summed E-state index contributed by atoms with van der Waals surface area (Å²) in [6, 6.07) is 19.6. The Morgan fingerprint density at radius 3 is 1.96 bits per heavy atom. The highest BCUT2D eigenvalue weighted by Gasteiger charge is 2.35. The van der Waals surface area contributed by atoms with Gasteiger partial charge in [0.05, 0.1) is 7.11 Å². The molecule has 1 aliphatic carbocycles. The second kappa shape index (κ2) is 6.60. The fraction of sp³-hybridized carbons (Fsp3) is 0.200. The summed E-state index contributed by atoms with van der Waals surface area (Å²) in [5.74, 6) is 1.02. The van der Waals surface area contributed by atoms with Gasteiger partial charge in [-0.2, -0.15) is 0 Å². The van der Waals surface area contributed by atoms with Gasteiger partial charge in [-0.05, 0) is 24.5 Å². The first kappa shape index (κ1) is 15.8. The van der Waals surface area contributed by atoms with Crippen molar-refractivity contribution in [3.63, 3.8) is 0 Å². The van der Waals surface area contributed by atoms with Crippen molar-refractivity contribution in [2.75, 3.05) is 7.11 Å². The zero-order valence-corrected chi connectivity index (χ0v) is 14.4. The van der Waals surface area contributed by atoms with Crippen molar-refractivity contribution in [1.82, 2.24) is 0 Å². The molecule has 3 heteroatoms. The van der Waals surface area contributed by atoms with Crippen LogP contribution in [0.15, 0.2) is 83.9 Å². The van der Waals surface area contributed by atoms with Crippen molar-refractivity contribution in [3.8, 4) is 0 Å². The predicted molar refractivity (Wildman–Crippen MR) is 96.7 cm³/mol. The molecule has 1 atom stereocenters. The summed E-state index contributed by atoms with van der Waals surface area (Å²) < 4.78 is 19.7. The van der Waals surface area contributed by atoms with Gasteiger partial charge in [0.2, 0.25) is 0 Å². The monoisotopic (exact) mass is 324 g/mol. The molecular weight excluding hydrogens is 303 g/mol. The van der Waals surface area contributed by atoms with Crippen LogP contribution in [0.4, 0.5) is 0 Å². The van der Waals surface area contributed by atoms with Gasteiger partial charge in [-0.15, -0.1) is 0 Å². The summed E-state index contributed by atoms with van der Waals surface area (Å²) in [5.41, 5.74) is 0. The molecule has 0 aliphatic heterocycles. The zero-order valence-electron chi connectivity index (χ0n) is 13.5. The molecule has 0 N–H and O–H groups in total. The molecule has 1 aliphatic rings. The van der Waals surface area contributed by atoms with Crippen LogP contribution in [0.2, 0.25) is 0 Å². The number of hydrogen-bond acceptors (Lipinski definition) is 2. The Balaban J connectivity index is 2.23. The molecule has 2 aromatic rings. The molecule has 1 unspecified atom stereocenters. The first-order chi connectivity index (χ1) is 11.2. The van der Waals surface area contributed by atoms with Crippen molar-refractivity contribution in [2.24, 2.45) is 5.92 Å². The molecule has 0 fully saturated rings. The molecule has 23 heavy (non-hydrogen) atoms. The summed E-state index contributed by atoms with van der Waals surface area (Å²) in [7, 11) is -1.21. The van der Waals surface area contributed by atoms with Crippen LogP contribution < -0.4 is 10.6 Å². The number of allylic oxidation sites excluding steroid dienone is 3. The van der Waals surface area contributed by atoms with Gasteiger partial charge in [0.1, 0.15) is 5.76 Å². The van der Waals surface area contributed by atoms with E-state index >= 15 is 0 Å². The van der Waals surface area contributed by atoms with Gasteiger partial charge in [0, 0.05) is 15.9 Å². The SMILES string of the molecule is COC1=CCC(C)C(P(=O)(c2ccccc2)c2ccccc2)=C1. The van der Waals surface area contributed by atoms with E-state index in [4.69, 9.17) is 4.74 Å². The topological polar surface area (TPSA) is 26.3 Å². The number of benzene rings is 2. The Bertz CT molecular complexity index is 732. The third kappa shape index (κ3) is 2.92. The smallest absolute Gasteiger partial charge is 0.167 e. The normalized spacial score (nSPS) is 18.1. The van der Waals surface area contributed by atoms with Gasteiger partial charge in [0.15, 0.2) is 7.14 Å². The van der Waals surface area contributed by atoms with Gasteiger partial charge in [0.25, 0.3) is 0 Å². The molecule has 118 valence electrons. The van der Waals surface area contributed by atoms with Crippen LogP contribution in [0, 0.1) is 5.92 Å². The van der Waals surface area contributed by atoms with E-state index in [1.165, 1.54) is 0 Å². The molecule has 0 bridgehead atoms. The minimum absolute atomic E-state index is 0.222. The highest BCUT2D eigenvalue weighted by Crippen LogP contribution is 2.56. The van der Waals surface area contributed by atoms with Crippen molar-refractivity contribution in [3.05, 3.63) is 83.9 Å². The molecule has 2 aromatic carbocycles. The van der Waals surface area contributed by atoms with Crippen LogP contribution in [0.5, 0.6) is 0 Å². The van der Waals surface area contributed by atoms with Crippen LogP contribution in [0.3, 0.4) is 0 Å². The molecule has 0 aromatic heterocycles. The van der Waals surface area contributed by atoms with Gasteiger partial charge in [-0.1, -0.05) is 67.6 Å². The van der Waals surface area contributed by atoms with Crippen LogP contribution in [-0.2, 0) is 9.30 Å². The third-order valence-corrected chi connectivity index (χ3v) is 7.65. The number of ether oxygens (including phenoxy) is 1. The third-order valence-electron chi connectivity index (χ3n) is 4.31. The van der Waals surface area contributed by atoms with Gasteiger partial charge >= 0.3 is 0 Å². The zero-order chi connectivity index (χ0) is 16.3. The molecule has 0 heterocycles. The van der Waals surface area contributed by atoms with Crippen molar-refractivity contribution in [2.45, 2.75) is 13.3 Å². The Morgan fingerprint density at radius 2 is 1.48 bits per heavy atom. The van der Waals surface area contributed by atoms with E-state index < -0.39 is 7.14 Å². The van der Waals surface area contributed by atoms with Crippen LogP contribution >= 0.6 is 7.14 Å². The van der Waals surface area contributed by atoms with E-state index in [2.05, 4.69) is 13.0 Å². The van der Waals surface area contributed by atoms with Crippen molar-refractivity contribution < 1.29 is 9.30 Å². The lowest BCUT2D eigenvalue weighted by atomic mass is 10.0. The van der Waals surface area contributed by atoms with Gasteiger partial charge in [-0.25, -0.2) is 0 Å². The maximum Gasteiger partial charge on any atom is 0.167 e. The average molecular weight is 324 g/mol. The Morgan fingerprint density at radius 1 is 0.957 bits per heavy atom. The highest BCUT2D eigenvalue weighted by molar-refractivity contribution is 7.82. The van der Waals surface area contributed by atoms with Crippen molar-refractivity contribution in [1.29, 1.82) is 0 Å². The number of methoxy groups -OCH3 is 1. The molecule has 0 amide bonds. The van der Waals surface area contributed by atoms with E-state index in [1.54, 1.807) is 7.11 Å². The summed E-state index contributed by atoms with van der Waals surface area (Å²) >= 11 is 0. The minimum Gasteiger partial charge on any atom is -0.497 e. The Hall–Kier alpha value is -2.05. The van der Waals surface area contributed by atoms with E-state index in [0.717, 1.165) is 28.1 Å². The summed E-state index contributed by atoms with van der Waals surface area (Å²) in [5, 5.41) is 2.72. The van der Waals surface area contributed by atoms with Crippen molar-refractivity contribution >= 4 is 17.8 Å². The molecule has 2 nitrogen and oxygen atoms in total. The standard InChI is InChI=1S/C20H21O2P/c1-16-13-14-17(22-2)15-20(16)23(21,18-9-5-3-6-10-18)19-11-7-4-8-12-19/h3-12,14-16H,13H2,1-2H3. The first-order valence-corrected chi connectivity index (χ1v) is 9.54. The van der Waals surface area contributed by atoms with E-state index in [-0.39, 0.29) is 5.92 Å². The summed E-state index contributed by atoms with van der Waals surface area (Å²) in [4.78, 5) is 0. The Kier molecular flexibility index (Phi) is 4.54. The molecule has 0 saturated heterocycles. The van der Waals surface area contributed by atoms with Crippen LogP contribution in [0.25, 0.3) is 0 Å². The van der Waals surface area contributed by atoms with E-state index in [9.17, 15) is 4.57 Å². The molecule has 0 radical (unpaired) electrons. The Labute approximate surface area is 137 Å². The molecular formula is C20H21O2P. The average Bonchev–Trinajstić information content (AvgIpc) is 2.63. The molecule has 0 saturated carbocycles. The molecule has 3 rings (SSSR count). The highest BCUT2D eigenvalue weighted by atomic mass is 31.2. The van der Waals surface area contributed by atoms with Crippen LogP contribution in [-0.4, -0.2) is 7.11 Å². The van der Waals surface area contributed by atoms with E-state index in [1.807, 2.05) is 66.7 Å². The fourth-order valence-electron chi connectivity index (χ4n) is 3.03. The van der Waals surface area contributed by atoms with Gasteiger partial charge in [-0.3, -0.25) is 0 Å². The maximum absolute atomic E-state index is 14.3. The second-order valence-electron chi connectivity index (χ2n) is 5.80. The number of rotatable bonds is 4. The lowest BCUT2D eigenvalue weighted by molar-refractivity contribution is 0.301. The van der Waals surface area contributed by atoms with Gasteiger partial charge < -0.3 is 9.30 Å². The quantitative estimate of drug-likeness (QED) is 0.777. The lowest BCUT2D eigenvalue weighted by Crippen LogP contribution is -2.21. The summed E-state index contributed by atoms with van der Waals surface area (Å²) in [6.45, 7) is 2.13. The van der Waals surface area contributed by atoms with E-state index in [0.29, 0.717) is 0 Å². The predicted octanol–water partition coefficient (Wildman–Crippen LogP) is 4.45. The minimum atomic E-state index is -2.87. The largest absolute Gasteiger partial charge is 0.497 e. The first-order valence-electron chi connectivity index (χ1n) is 7.84. The second-order valence-corrected chi connectivity index (χ2v) is 8.56. The molecule has 0 spiro atoms. The fourth-order valence-corrected chi connectivity index (χ4v) is 6.14. The summed E-state index contributed by atoms with van der Waals surface area (Å²) in [6.07, 6.45) is 4.88. The lowest BCUT2D eigenvalue weighted by Gasteiger charge is -2.29. The number of hydrogen-bond donors (Lipinski definition) is 0. The maximum atomic E-state index is 14.3. The van der Waals surface area contributed by atoms with Crippen LogP contribution in [0.1, 0.15) is 13.3 Å².